The van der Waals surface area contributed by atoms with Crippen molar-refractivity contribution in [3.05, 3.63) is 88.4 Å². The van der Waals surface area contributed by atoms with Gasteiger partial charge in [0.15, 0.2) is 12.6 Å². The van der Waals surface area contributed by atoms with E-state index in [9.17, 15) is 9.59 Å². The van der Waals surface area contributed by atoms with Crippen molar-refractivity contribution >= 4 is 85.0 Å². The van der Waals surface area contributed by atoms with Crippen molar-refractivity contribution in [1.29, 1.82) is 0 Å². The van der Waals surface area contributed by atoms with Crippen molar-refractivity contribution in [2.45, 2.75) is 38.9 Å². The van der Waals surface area contributed by atoms with E-state index < -0.39 is 18.3 Å². The van der Waals surface area contributed by atoms with Gasteiger partial charge in [-0.15, -0.1) is 0 Å². The lowest BCUT2D eigenvalue weighted by Crippen LogP contribution is -2.41. The molecule has 0 aliphatic carbocycles. The quantitative estimate of drug-likeness (QED) is 0.153. The highest BCUT2D eigenvalue weighted by molar-refractivity contribution is 9.10. The van der Waals surface area contributed by atoms with Crippen molar-refractivity contribution in [1.82, 2.24) is 0 Å². The lowest BCUT2D eigenvalue weighted by Gasteiger charge is -2.32. The van der Waals surface area contributed by atoms with E-state index >= 15 is 0 Å². The molecule has 0 saturated carbocycles. The molecule has 0 spiro atoms. The molecule has 0 unspecified atom stereocenters. The minimum absolute atomic E-state index is 0.424. The molecule has 40 heavy (non-hydrogen) atoms. The predicted molar refractivity (Wildman–Crippen MR) is 162 cm³/mol. The molecule has 2 aromatic heterocycles. The van der Waals surface area contributed by atoms with Crippen LogP contribution in [-0.2, 0) is 9.31 Å². The van der Waals surface area contributed by atoms with Crippen LogP contribution in [-0.4, -0.2) is 30.9 Å². The van der Waals surface area contributed by atoms with E-state index in [1.54, 1.807) is 12.1 Å². The standard InChI is InChI=1S/C19H19BO4.C13H7BrO2/c1-18(2)19(3,4)24-20(23-18)13-8-6-10-15-17(13)16-12(11-21)7-5-9-14(16)22-15;14-9-4-2-6-11-13(9)12-8(7-15)3-1-5-10(12)16-11/h5-11H,1-4H3;1-7H. The first-order valence-corrected chi connectivity index (χ1v) is 13.7. The maximum atomic E-state index is 11.5. The third kappa shape index (κ3) is 4.18. The lowest BCUT2D eigenvalue weighted by atomic mass is 9.76. The summed E-state index contributed by atoms with van der Waals surface area (Å²) in [5, 5.41) is 3.53. The van der Waals surface area contributed by atoms with Crippen molar-refractivity contribution in [2.75, 3.05) is 0 Å². The van der Waals surface area contributed by atoms with Gasteiger partial charge in [0.1, 0.15) is 22.3 Å². The first-order valence-electron chi connectivity index (χ1n) is 12.9. The first-order chi connectivity index (χ1) is 19.1. The molecule has 0 radical (unpaired) electrons. The molecule has 0 bridgehead atoms. The third-order valence-corrected chi connectivity index (χ3v) is 8.51. The van der Waals surface area contributed by atoms with E-state index in [1.807, 2.05) is 88.4 Å². The molecule has 1 fully saturated rings. The second-order valence-corrected chi connectivity index (χ2v) is 11.7. The molecule has 0 N–H and O–H groups in total. The Morgan fingerprint density at radius 2 is 1.02 bits per heavy atom. The number of hydrogen-bond acceptors (Lipinski definition) is 6. The molecular formula is C32H26BBrO6. The highest BCUT2D eigenvalue weighted by Crippen LogP contribution is 2.39. The maximum Gasteiger partial charge on any atom is 0.495 e. The number of fused-ring (bicyclic) bond motifs is 6. The molecule has 6 nitrogen and oxygen atoms in total. The van der Waals surface area contributed by atoms with Gasteiger partial charge in [0.2, 0.25) is 0 Å². The number of halogens is 1. The fourth-order valence-corrected chi connectivity index (χ4v) is 5.68. The zero-order valence-corrected chi connectivity index (χ0v) is 24.1. The molecule has 200 valence electrons. The largest absolute Gasteiger partial charge is 0.495 e. The van der Waals surface area contributed by atoms with E-state index in [2.05, 4.69) is 15.9 Å². The van der Waals surface area contributed by atoms with E-state index in [4.69, 9.17) is 18.1 Å². The van der Waals surface area contributed by atoms with Gasteiger partial charge >= 0.3 is 7.12 Å². The Balaban J connectivity index is 0.000000157. The topological polar surface area (TPSA) is 78.9 Å². The minimum atomic E-state index is -0.501. The zero-order valence-electron chi connectivity index (χ0n) is 22.5. The minimum Gasteiger partial charge on any atom is -0.456 e. The van der Waals surface area contributed by atoms with Crippen LogP contribution in [0.4, 0.5) is 0 Å². The molecular weight excluding hydrogens is 571 g/mol. The Morgan fingerprint density at radius 3 is 1.55 bits per heavy atom. The number of rotatable bonds is 3. The Hall–Kier alpha value is -3.72. The summed E-state index contributed by atoms with van der Waals surface area (Å²) in [6, 6.07) is 22.5. The van der Waals surface area contributed by atoms with Gasteiger partial charge in [0.25, 0.3) is 0 Å². The predicted octanol–water partition coefficient (Wildman–Crippen LogP) is 7.86. The first kappa shape index (κ1) is 26.5. The van der Waals surface area contributed by atoms with Gasteiger partial charge in [-0.3, -0.25) is 9.59 Å². The normalized spacial score (nSPS) is 16.0. The summed E-state index contributed by atoms with van der Waals surface area (Å²) in [5.74, 6) is 0. The average Bonchev–Trinajstić information content (AvgIpc) is 3.57. The van der Waals surface area contributed by atoms with Crippen molar-refractivity contribution in [2.24, 2.45) is 0 Å². The number of carbonyl (C=O) groups excluding carboxylic acids is 2. The van der Waals surface area contributed by atoms with Gasteiger partial charge in [-0.1, -0.05) is 58.4 Å². The van der Waals surface area contributed by atoms with Crippen molar-refractivity contribution < 1.29 is 27.7 Å². The van der Waals surface area contributed by atoms with E-state index in [0.717, 1.165) is 60.8 Å². The van der Waals surface area contributed by atoms with Crippen LogP contribution in [0.2, 0.25) is 0 Å². The van der Waals surface area contributed by atoms with Crippen LogP contribution in [0.5, 0.6) is 0 Å². The Labute approximate surface area is 239 Å². The maximum absolute atomic E-state index is 11.5. The summed E-state index contributed by atoms with van der Waals surface area (Å²) in [5.41, 5.74) is 4.26. The molecule has 1 aliphatic rings. The molecule has 0 amide bonds. The molecule has 8 heteroatoms. The van der Waals surface area contributed by atoms with Crippen LogP contribution >= 0.6 is 15.9 Å². The van der Waals surface area contributed by atoms with Gasteiger partial charge in [0, 0.05) is 37.1 Å². The van der Waals surface area contributed by atoms with Crippen LogP contribution in [0.3, 0.4) is 0 Å². The lowest BCUT2D eigenvalue weighted by molar-refractivity contribution is 0.00578. The van der Waals surface area contributed by atoms with Crippen LogP contribution in [0.25, 0.3) is 43.9 Å². The molecule has 0 atom stereocenters. The Bertz CT molecular complexity index is 1920. The van der Waals surface area contributed by atoms with Crippen LogP contribution < -0.4 is 5.46 Å². The molecule has 4 aromatic carbocycles. The smallest absolute Gasteiger partial charge is 0.456 e. The van der Waals surface area contributed by atoms with Crippen LogP contribution in [0.15, 0.2) is 86.1 Å². The fraction of sp³-hybridized carbons (Fsp3) is 0.188. The second-order valence-electron chi connectivity index (χ2n) is 10.8. The summed E-state index contributed by atoms with van der Waals surface area (Å²) >= 11 is 3.48. The summed E-state index contributed by atoms with van der Waals surface area (Å²) < 4.78 is 25.0. The fourth-order valence-electron chi connectivity index (χ4n) is 5.13. The van der Waals surface area contributed by atoms with E-state index in [0.29, 0.717) is 16.7 Å². The monoisotopic (exact) mass is 596 g/mol. The number of hydrogen-bond donors (Lipinski definition) is 0. The second kappa shape index (κ2) is 9.73. The summed E-state index contributed by atoms with van der Waals surface area (Å²) in [7, 11) is -0.501. The number of benzene rings is 4. The Morgan fingerprint density at radius 1 is 0.600 bits per heavy atom. The number of carbonyl (C=O) groups is 2. The van der Waals surface area contributed by atoms with Crippen molar-refractivity contribution in [3.8, 4) is 0 Å². The number of aldehydes is 2. The average molecular weight is 597 g/mol. The van der Waals surface area contributed by atoms with Crippen LogP contribution in [0, 0.1) is 0 Å². The number of furan rings is 2. The van der Waals surface area contributed by atoms with E-state index in [1.165, 1.54) is 0 Å². The molecule has 1 saturated heterocycles. The molecule has 1 aliphatic heterocycles. The Kier molecular flexibility index (Phi) is 6.45. The molecule has 3 heterocycles. The summed E-state index contributed by atoms with van der Waals surface area (Å²) in [6.45, 7) is 8.10. The van der Waals surface area contributed by atoms with Gasteiger partial charge < -0.3 is 18.1 Å². The van der Waals surface area contributed by atoms with Crippen molar-refractivity contribution in [3.63, 3.8) is 0 Å². The zero-order chi connectivity index (χ0) is 28.2. The SMILES string of the molecule is CC1(C)OB(c2cccc3oc4cccc(C=O)c4c23)OC1(C)C.O=Cc1cccc2oc3cccc(Br)c3c12. The molecule has 7 rings (SSSR count). The van der Waals surface area contributed by atoms with Gasteiger partial charge in [-0.25, -0.2) is 0 Å². The summed E-state index contributed by atoms with van der Waals surface area (Å²) in [4.78, 5) is 22.5. The third-order valence-electron chi connectivity index (χ3n) is 7.85. The van der Waals surface area contributed by atoms with E-state index in [-0.39, 0.29) is 0 Å². The van der Waals surface area contributed by atoms with Gasteiger partial charge in [-0.05, 0) is 63.5 Å². The van der Waals surface area contributed by atoms with Crippen LogP contribution in [0.1, 0.15) is 48.4 Å². The highest BCUT2D eigenvalue weighted by atomic mass is 79.9. The highest BCUT2D eigenvalue weighted by Gasteiger charge is 2.52. The van der Waals surface area contributed by atoms with Gasteiger partial charge in [-0.2, -0.15) is 0 Å². The van der Waals surface area contributed by atoms with Gasteiger partial charge in [0.05, 0.1) is 11.2 Å². The summed E-state index contributed by atoms with van der Waals surface area (Å²) in [6.07, 6.45) is 1.72. The molecule has 6 aromatic rings.